The van der Waals surface area contributed by atoms with Crippen molar-refractivity contribution in [2.45, 2.75) is 38.0 Å². The summed E-state index contributed by atoms with van der Waals surface area (Å²) in [6.07, 6.45) is 2.13. The molecule has 1 saturated carbocycles. The van der Waals surface area contributed by atoms with Gasteiger partial charge in [0.05, 0.1) is 12.0 Å². The summed E-state index contributed by atoms with van der Waals surface area (Å²) >= 11 is 0. The normalized spacial score (nSPS) is 36.3. The lowest BCUT2D eigenvalue weighted by atomic mass is 9.95. The number of ether oxygens (including phenoxy) is 1. The van der Waals surface area contributed by atoms with Gasteiger partial charge in [0.1, 0.15) is 0 Å². The molecule has 0 spiro atoms. The molecule has 5 atom stereocenters. The van der Waals surface area contributed by atoms with E-state index in [0.717, 1.165) is 12.3 Å². The van der Waals surface area contributed by atoms with Crippen molar-refractivity contribution in [3.8, 4) is 0 Å². The predicted octanol–water partition coefficient (Wildman–Crippen LogP) is 0.894. The minimum Gasteiger partial charge on any atom is -0.481 e. The lowest BCUT2D eigenvalue weighted by Gasteiger charge is -2.27. The lowest BCUT2D eigenvalue weighted by Crippen LogP contribution is -2.44. The van der Waals surface area contributed by atoms with Crippen LogP contribution < -0.4 is 5.32 Å². The van der Waals surface area contributed by atoms with Crippen molar-refractivity contribution in [2.24, 2.45) is 11.8 Å². The van der Waals surface area contributed by atoms with Gasteiger partial charge in [-0.3, -0.25) is 4.79 Å². The highest BCUT2D eigenvalue weighted by atomic mass is 35.5. The van der Waals surface area contributed by atoms with Crippen molar-refractivity contribution in [3.63, 3.8) is 0 Å². The Hall–Kier alpha value is -0.320. The van der Waals surface area contributed by atoms with Crippen LogP contribution in [-0.2, 0) is 9.53 Å². The summed E-state index contributed by atoms with van der Waals surface area (Å²) in [6, 6.07) is 0.869. The Kier molecular flexibility index (Phi) is 3.98. The number of methoxy groups -OCH3 is 1. The zero-order chi connectivity index (χ0) is 10.3. The zero-order valence-electron chi connectivity index (χ0n) is 8.97. The highest BCUT2D eigenvalue weighted by Gasteiger charge is 2.49. The van der Waals surface area contributed by atoms with E-state index in [1.165, 1.54) is 6.42 Å². The van der Waals surface area contributed by atoms with E-state index in [2.05, 4.69) is 5.32 Å². The minimum absolute atomic E-state index is 0. The number of hydrogen-bond donors (Lipinski definition) is 2. The van der Waals surface area contributed by atoms with Gasteiger partial charge in [-0.25, -0.2) is 0 Å². The predicted molar refractivity (Wildman–Crippen MR) is 58.3 cm³/mol. The van der Waals surface area contributed by atoms with E-state index >= 15 is 0 Å². The highest BCUT2D eigenvalue weighted by molar-refractivity contribution is 5.85. The van der Waals surface area contributed by atoms with E-state index in [9.17, 15) is 4.79 Å². The van der Waals surface area contributed by atoms with Crippen molar-refractivity contribution >= 4 is 18.4 Å². The minimum atomic E-state index is -0.778. The molecular formula is C10H18ClNO3. The van der Waals surface area contributed by atoms with E-state index in [-0.39, 0.29) is 24.6 Å². The van der Waals surface area contributed by atoms with Crippen molar-refractivity contribution in [1.82, 2.24) is 5.32 Å². The monoisotopic (exact) mass is 235 g/mol. The number of carboxylic acid groups (broad SMARTS) is 1. The fourth-order valence-electron chi connectivity index (χ4n) is 2.47. The summed E-state index contributed by atoms with van der Waals surface area (Å²) in [5.74, 6) is -0.437. The Morgan fingerprint density at radius 1 is 1.53 bits per heavy atom. The number of halogens is 1. The SMILES string of the molecule is COC(C(C)C(=O)O)[C@@H]1C[C@@H]2C[C@@H]2N1.Cl. The van der Waals surface area contributed by atoms with Crippen LogP contribution in [0.4, 0.5) is 0 Å². The molecule has 5 heteroatoms. The number of rotatable bonds is 4. The van der Waals surface area contributed by atoms with Gasteiger partial charge in [0.15, 0.2) is 0 Å². The summed E-state index contributed by atoms with van der Waals surface area (Å²) in [5.41, 5.74) is 0. The van der Waals surface area contributed by atoms with Gasteiger partial charge in [0, 0.05) is 19.2 Å². The molecule has 2 rings (SSSR count). The Bertz CT molecular complexity index is 239. The molecule has 88 valence electrons. The zero-order valence-corrected chi connectivity index (χ0v) is 9.79. The smallest absolute Gasteiger partial charge is 0.308 e. The van der Waals surface area contributed by atoms with Crippen LogP contribution in [0, 0.1) is 11.8 Å². The number of hydrogen-bond acceptors (Lipinski definition) is 3. The fraction of sp³-hybridized carbons (Fsp3) is 0.900. The fourth-order valence-corrected chi connectivity index (χ4v) is 2.47. The second kappa shape index (κ2) is 4.68. The highest BCUT2D eigenvalue weighted by Crippen LogP contribution is 2.42. The molecule has 0 aromatic heterocycles. The standard InChI is InChI=1S/C10H17NO3.ClH/c1-5(10(12)13)9(14-2)8-4-6-3-7(6)11-8;/h5-9,11H,3-4H2,1-2H3,(H,12,13);1H/t5?,6-,7-,8-,9?;/m0./s1. The maximum absolute atomic E-state index is 10.8. The van der Waals surface area contributed by atoms with Crippen LogP contribution in [0.5, 0.6) is 0 Å². The largest absolute Gasteiger partial charge is 0.481 e. The molecule has 1 aliphatic carbocycles. The first-order chi connectivity index (χ1) is 6.63. The van der Waals surface area contributed by atoms with Crippen LogP contribution in [0.1, 0.15) is 19.8 Å². The molecule has 1 saturated heterocycles. The average Bonchev–Trinajstić information content (AvgIpc) is 2.75. The van der Waals surface area contributed by atoms with Gasteiger partial charge in [-0.2, -0.15) is 0 Å². The van der Waals surface area contributed by atoms with E-state index in [1.54, 1.807) is 14.0 Å². The molecule has 0 bridgehead atoms. The Morgan fingerprint density at radius 2 is 2.20 bits per heavy atom. The molecule has 0 amide bonds. The maximum Gasteiger partial charge on any atom is 0.308 e. The lowest BCUT2D eigenvalue weighted by molar-refractivity contribution is -0.146. The van der Waals surface area contributed by atoms with Gasteiger partial charge in [-0.15, -0.1) is 12.4 Å². The molecule has 2 unspecified atom stereocenters. The van der Waals surface area contributed by atoms with Gasteiger partial charge in [-0.1, -0.05) is 0 Å². The molecule has 0 aromatic carbocycles. The molecule has 2 N–H and O–H groups in total. The summed E-state index contributed by atoms with van der Waals surface area (Å²) in [4.78, 5) is 10.8. The first-order valence-corrected chi connectivity index (χ1v) is 5.15. The van der Waals surface area contributed by atoms with E-state index in [0.29, 0.717) is 6.04 Å². The molecule has 1 heterocycles. The van der Waals surface area contributed by atoms with Crippen LogP contribution in [0.25, 0.3) is 0 Å². The van der Waals surface area contributed by atoms with E-state index in [4.69, 9.17) is 9.84 Å². The Labute approximate surface area is 95.8 Å². The Balaban J connectivity index is 0.00000112. The molecule has 0 aromatic rings. The molecule has 0 radical (unpaired) electrons. The first kappa shape index (κ1) is 12.7. The van der Waals surface area contributed by atoms with Crippen molar-refractivity contribution in [1.29, 1.82) is 0 Å². The van der Waals surface area contributed by atoms with Crippen LogP contribution in [0.15, 0.2) is 0 Å². The van der Waals surface area contributed by atoms with Gasteiger partial charge in [-0.05, 0) is 25.7 Å². The van der Waals surface area contributed by atoms with Crippen molar-refractivity contribution in [3.05, 3.63) is 0 Å². The maximum atomic E-state index is 10.8. The third-order valence-corrected chi connectivity index (χ3v) is 3.46. The van der Waals surface area contributed by atoms with Crippen LogP contribution in [0.3, 0.4) is 0 Å². The molecule has 2 aliphatic rings. The topological polar surface area (TPSA) is 58.6 Å². The van der Waals surface area contributed by atoms with Crippen molar-refractivity contribution < 1.29 is 14.6 Å². The van der Waals surface area contributed by atoms with E-state index in [1.807, 2.05) is 0 Å². The van der Waals surface area contributed by atoms with Gasteiger partial charge < -0.3 is 15.2 Å². The number of aliphatic carboxylic acids is 1. The third-order valence-electron chi connectivity index (χ3n) is 3.46. The Morgan fingerprint density at radius 3 is 2.60 bits per heavy atom. The average molecular weight is 236 g/mol. The summed E-state index contributed by atoms with van der Waals surface area (Å²) < 4.78 is 5.28. The number of carboxylic acids is 1. The van der Waals surface area contributed by atoms with Crippen LogP contribution >= 0.6 is 12.4 Å². The second-order valence-corrected chi connectivity index (χ2v) is 4.44. The number of fused-ring (bicyclic) bond motifs is 1. The van der Waals surface area contributed by atoms with E-state index < -0.39 is 11.9 Å². The number of piperidine rings is 1. The third kappa shape index (κ3) is 2.44. The van der Waals surface area contributed by atoms with Crippen molar-refractivity contribution in [2.75, 3.05) is 7.11 Å². The molecular weight excluding hydrogens is 218 g/mol. The molecule has 1 aliphatic heterocycles. The van der Waals surface area contributed by atoms with Gasteiger partial charge in [0.25, 0.3) is 0 Å². The summed E-state index contributed by atoms with van der Waals surface area (Å²) in [5, 5.41) is 12.3. The summed E-state index contributed by atoms with van der Waals surface area (Å²) in [6.45, 7) is 1.71. The van der Waals surface area contributed by atoms with Crippen LogP contribution in [0.2, 0.25) is 0 Å². The quantitative estimate of drug-likeness (QED) is 0.760. The van der Waals surface area contributed by atoms with Gasteiger partial charge in [0.2, 0.25) is 0 Å². The second-order valence-electron chi connectivity index (χ2n) is 4.44. The van der Waals surface area contributed by atoms with Gasteiger partial charge >= 0.3 is 5.97 Å². The molecule has 2 fully saturated rings. The summed E-state index contributed by atoms with van der Waals surface area (Å²) in [7, 11) is 1.59. The first-order valence-electron chi connectivity index (χ1n) is 5.15. The number of nitrogens with one attached hydrogen (secondary N) is 1. The van der Waals surface area contributed by atoms with Crippen LogP contribution in [-0.4, -0.2) is 36.4 Å². The molecule has 15 heavy (non-hydrogen) atoms. The molecule has 4 nitrogen and oxygen atoms in total. The number of carbonyl (C=O) groups is 1.